The lowest BCUT2D eigenvalue weighted by Gasteiger charge is -2.49. The molecule has 5 aromatic rings. The highest BCUT2D eigenvalue weighted by Crippen LogP contribution is 2.38. The van der Waals surface area contributed by atoms with Crippen LogP contribution >= 0.6 is 0 Å². The van der Waals surface area contributed by atoms with E-state index >= 15 is 8.78 Å². The number of likely N-dealkylation sites (tertiary alicyclic amines) is 2. The second-order valence-corrected chi connectivity index (χ2v) is 19.3. The molecule has 3 aromatic heterocycles. The highest BCUT2D eigenvalue weighted by molar-refractivity contribution is 6.01. The van der Waals surface area contributed by atoms with Crippen molar-refractivity contribution in [3.63, 3.8) is 0 Å². The summed E-state index contributed by atoms with van der Waals surface area (Å²) in [6.07, 6.45) is 10.3. The summed E-state index contributed by atoms with van der Waals surface area (Å²) in [5.41, 5.74) is 6.46. The molecule has 4 saturated heterocycles. The Morgan fingerprint density at radius 2 is 1.63 bits per heavy atom. The molecule has 13 nitrogen and oxygen atoms in total. The van der Waals surface area contributed by atoms with Crippen molar-refractivity contribution in [3.8, 4) is 17.1 Å². The number of piperidine rings is 3. The number of hydrogen-bond donors (Lipinski definition) is 2. The monoisotopic (exact) mass is 887 g/mol. The molecular weight excluding hydrogens is 829 g/mol. The van der Waals surface area contributed by atoms with Gasteiger partial charge in [0.1, 0.15) is 23.2 Å². The number of amides is 2. The Hall–Kier alpha value is -5.67. The molecule has 2 atom stereocenters. The van der Waals surface area contributed by atoms with E-state index in [2.05, 4.69) is 49.9 Å². The SMILES string of the molecule is Cc1cc2cc(n1)-c1cnn(C)c1OCCC[C@@H](C)Cn1c(nc3ccc(CN4CCC(C5CCN(C6CN(c7cc(F)c([C@H]8CCC(=O)NC8=O)c(F)c7)C6)CC5)CC4)cc31)/C=C/2O. The van der Waals surface area contributed by atoms with Gasteiger partial charge in [-0.1, -0.05) is 13.0 Å². The molecule has 0 unspecified atom stereocenters. The van der Waals surface area contributed by atoms with Crippen molar-refractivity contribution in [1.29, 1.82) is 0 Å². The zero-order chi connectivity index (χ0) is 44.9. The third kappa shape index (κ3) is 8.89. The Morgan fingerprint density at radius 3 is 2.37 bits per heavy atom. The van der Waals surface area contributed by atoms with E-state index in [1.807, 2.05) is 31.0 Å². The van der Waals surface area contributed by atoms with Gasteiger partial charge in [0.25, 0.3) is 0 Å². The normalized spacial score (nSPS) is 23.2. The third-order valence-electron chi connectivity index (χ3n) is 14.8. The molecule has 8 heterocycles. The van der Waals surface area contributed by atoms with Crippen LogP contribution in [0.4, 0.5) is 14.5 Å². The van der Waals surface area contributed by atoms with Crippen molar-refractivity contribution in [2.24, 2.45) is 24.8 Å². The molecule has 15 heteroatoms. The van der Waals surface area contributed by atoms with Crippen LogP contribution in [0.3, 0.4) is 0 Å². The lowest BCUT2D eigenvalue weighted by Crippen LogP contribution is -2.61. The van der Waals surface area contributed by atoms with Crippen molar-refractivity contribution < 1.29 is 28.2 Å². The van der Waals surface area contributed by atoms with Gasteiger partial charge in [-0.05, 0) is 138 Å². The number of benzene rings is 2. The first kappa shape index (κ1) is 43.2. The molecule has 342 valence electrons. The van der Waals surface area contributed by atoms with Crippen molar-refractivity contribution in [2.45, 2.75) is 90.3 Å². The third-order valence-corrected chi connectivity index (χ3v) is 14.8. The molecule has 2 N–H and O–H groups in total. The van der Waals surface area contributed by atoms with Crippen molar-refractivity contribution >= 4 is 40.4 Å². The number of anilines is 1. The molecule has 5 aliphatic rings. The quantitative estimate of drug-likeness (QED) is 0.164. The second-order valence-electron chi connectivity index (χ2n) is 19.3. The van der Waals surface area contributed by atoms with Gasteiger partial charge in [-0.25, -0.2) is 18.4 Å². The molecule has 0 saturated carbocycles. The first-order chi connectivity index (χ1) is 31.4. The molecule has 4 fully saturated rings. The molecule has 0 aliphatic carbocycles. The van der Waals surface area contributed by atoms with E-state index in [1.165, 1.54) is 43.4 Å². The molecule has 0 radical (unpaired) electrons. The van der Waals surface area contributed by atoms with Crippen LogP contribution in [-0.2, 0) is 29.7 Å². The lowest BCUT2D eigenvalue weighted by molar-refractivity contribution is -0.134. The molecule has 5 aliphatic heterocycles. The van der Waals surface area contributed by atoms with E-state index in [0.717, 1.165) is 93.3 Å². The predicted octanol–water partition coefficient (Wildman–Crippen LogP) is 7.62. The number of carbonyl (C=O) groups excluding carboxylic acids is 2. The van der Waals surface area contributed by atoms with E-state index in [4.69, 9.17) is 14.7 Å². The summed E-state index contributed by atoms with van der Waals surface area (Å²) in [6.45, 7) is 12.1. The summed E-state index contributed by atoms with van der Waals surface area (Å²) >= 11 is 0. The zero-order valence-electron chi connectivity index (χ0n) is 37.6. The van der Waals surface area contributed by atoms with Crippen molar-refractivity contribution in [1.82, 2.24) is 39.4 Å². The summed E-state index contributed by atoms with van der Waals surface area (Å²) in [5.74, 6) is -0.181. The van der Waals surface area contributed by atoms with Gasteiger partial charge in [0.15, 0.2) is 0 Å². The molecule has 10 rings (SSSR count). The van der Waals surface area contributed by atoms with Crippen LogP contribution in [0.15, 0.2) is 48.7 Å². The highest BCUT2D eigenvalue weighted by Gasteiger charge is 2.38. The van der Waals surface area contributed by atoms with Crippen LogP contribution in [-0.4, -0.2) is 103 Å². The van der Waals surface area contributed by atoms with Crippen LogP contribution in [0.25, 0.3) is 34.1 Å². The number of pyridine rings is 1. The Kier molecular flexibility index (Phi) is 11.9. The van der Waals surface area contributed by atoms with Crippen molar-refractivity contribution in [3.05, 3.63) is 88.5 Å². The van der Waals surface area contributed by atoms with Gasteiger partial charge in [0.05, 0.1) is 41.0 Å². The number of aliphatic hydroxyl groups excluding tert-OH is 1. The van der Waals surface area contributed by atoms with Gasteiger partial charge >= 0.3 is 0 Å². The minimum absolute atomic E-state index is 0.0722. The number of nitrogens with zero attached hydrogens (tertiary/aromatic N) is 8. The van der Waals surface area contributed by atoms with Crippen LogP contribution < -0.4 is 15.0 Å². The Labute approximate surface area is 378 Å². The zero-order valence-corrected chi connectivity index (χ0v) is 37.6. The fourth-order valence-electron chi connectivity index (χ4n) is 11.1. The van der Waals surface area contributed by atoms with Crippen LogP contribution in [0, 0.1) is 36.3 Å². The number of imide groups is 1. The van der Waals surface area contributed by atoms with E-state index < -0.39 is 29.4 Å². The number of halogens is 2. The second kappa shape index (κ2) is 18.0. The highest BCUT2D eigenvalue weighted by atomic mass is 19.1. The topological polar surface area (TPSA) is 134 Å². The number of imidazole rings is 1. The molecule has 2 aromatic carbocycles. The van der Waals surface area contributed by atoms with Gasteiger partial charge in [-0.2, -0.15) is 5.10 Å². The minimum atomic E-state index is -0.990. The van der Waals surface area contributed by atoms with Crippen LogP contribution in [0.5, 0.6) is 5.88 Å². The van der Waals surface area contributed by atoms with E-state index in [9.17, 15) is 14.7 Å². The number of carbonyl (C=O) groups is 2. The largest absolute Gasteiger partial charge is 0.507 e. The van der Waals surface area contributed by atoms with Crippen molar-refractivity contribution in [2.75, 3.05) is 50.8 Å². The summed E-state index contributed by atoms with van der Waals surface area (Å²) in [4.78, 5) is 40.8. The fourth-order valence-corrected chi connectivity index (χ4v) is 11.1. The molecule has 0 spiro atoms. The standard InChI is InChI=1S/C50H59F2N9O4/c1-30-5-4-18-65-50-39(25-53-57(50)3)43-21-35(19-31(2)54-43)45(62)24-46-55-42-8-6-32(20-44(42)61(46)26-30)27-58-14-10-33(11-15-58)34-12-16-59(17-13-34)37-28-60(29-37)36-22-40(51)48(41(52)23-36)38-7-9-47(63)56-49(38)64/h6,8,19-25,30,33-34,37-38,62H,4-5,7,9-18,26-29H2,1-3H3,(H,56,63,64)/b45-24-/t30-,38-/m1/s1. The van der Waals surface area contributed by atoms with Crippen LogP contribution in [0.1, 0.15) is 92.4 Å². The number of aromatic nitrogens is 5. The summed E-state index contributed by atoms with van der Waals surface area (Å²) in [6, 6.07) is 13.4. The Bertz CT molecular complexity index is 2610. The maximum atomic E-state index is 15.2. The minimum Gasteiger partial charge on any atom is -0.507 e. The summed E-state index contributed by atoms with van der Waals surface area (Å²) in [5, 5.41) is 18.2. The molecular formula is C50H59F2N9O4. The lowest BCUT2D eigenvalue weighted by atomic mass is 9.78. The number of aryl methyl sites for hydroxylation is 2. The van der Waals surface area contributed by atoms with Gasteiger partial charge in [-0.15, -0.1) is 0 Å². The van der Waals surface area contributed by atoms with Crippen LogP contribution in [0.2, 0.25) is 0 Å². The number of rotatable bonds is 6. The van der Waals surface area contributed by atoms with Gasteiger partial charge < -0.3 is 19.3 Å². The average Bonchev–Trinajstić information content (AvgIpc) is 3.80. The summed E-state index contributed by atoms with van der Waals surface area (Å²) in [7, 11) is 1.87. The number of hydrogen-bond acceptors (Lipinski definition) is 10. The molecule has 2 amide bonds. The Morgan fingerprint density at radius 1 is 0.892 bits per heavy atom. The van der Waals surface area contributed by atoms with Gasteiger partial charge in [0.2, 0.25) is 17.7 Å². The average molecular weight is 888 g/mol. The van der Waals surface area contributed by atoms with Gasteiger partial charge in [-0.3, -0.25) is 29.7 Å². The molecule has 65 heavy (non-hydrogen) atoms. The first-order valence-electron chi connectivity index (χ1n) is 23.5. The van der Waals surface area contributed by atoms with Gasteiger partial charge in [0, 0.05) is 74.3 Å². The molecule has 2 bridgehead atoms. The smallest absolute Gasteiger partial charge is 0.234 e. The van der Waals surface area contributed by atoms with E-state index in [0.29, 0.717) is 53.2 Å². The van der Waals surface area contributed by atoms with E-state index in [-0.39, 0.29) is 24.2 Å². The maximum Gasteiger partial charge on any atom is 0.234 e. The Balaban J connectivity index is 0.748. The fraction of sp³-hybridized carbons (Fsp3) is 0.500. The van der Waals surface area contributed by atoms with E-state index in [1.54, 1.807) is 17.0 Å². The number of aliphatic hydroxyl groups is 1. The number of fused-ring (bicyclic) bond motifs is 7. The number of nitrogens with one attached hydrogen (secondary N) is 1. The maximum absolute atomic E-state index is 15.2. The first-order valence-corrected chi connectivity index (χ1v) is 23.5. The number of ether oxygens (including phenoxy) is 1. The predicted molar refractivity (Wildman–Crippen MR) is 245 cm³/mol. The summed E-state index contributed by atoms with van der Waals surface area (Å²) < 4.78 is 40.7.